The maximum Gasteiger partial charge on any atom is 0.251 e. The molecule has 27 heavy (non-hydrogen) atoms. The Morgan fingerprint density at radius 2 is 1.81 bits per heavy atom. The van der Waals surface area contributed by atoms with Crippen LogP contribution in [-0.2, 0) is 10.0 Å². The molecule has 1 N–H and O–H groups in total. The molecule has 2 saturated heterocycles. The minimum absolute atomic E-state index is 0.111. The lowest BCUT2D eigenvalue weighted by atomic mass is 9.98. The zero-order valence-electron chi connectivity index (χ0n) is 16.4. The van der Waals surface area contributed by atoms with Gasteiger partial charge in [-0.05, 0) is 75.9 Å². The van der Waals surface area contributed by atoms with Crippen molar-refractivity contribution in [3.8, 4) is 0 Å². The number of hydrogen-bond donors (Lipinski definition) is 1. The van der Waals surface area contributed by atoms with Crippen molar-refractivity contribution in [2.24, 2.45) is 5.92 Å². The number of sulfonamides is 1. The second kappa shape index (κ2) is 8.61. The van der Waals surface area contributed by atoms with E-state index < -0.39 is 10.0 Å². The molecule has 2 aliphatic heterocycles. The summed E-state index contributed by atoms with van der Waals surface area (Å²) in [5.74, 6) is 0.883. The van der Waals surface area contributed by atoms with Gasteiger partial charge in [0.25, 0.3) is 5.91 Å². The fourth-order valence-electron chi connectivity index (χ4n) is 3.80. The highest BCUT2D eigenvalue weighted by molar-refractivity contribution is 7.92. The Hall–Kier alpha value is -1.60. The van der Waals surface area contributed by atoms with Crippen molar-refractivity contribution in [2.75, 3.05) is 36.2 Å². The summed E-state index contributed by atoms with van der Waals surface area (Å²) in [5, 5.41) is 3.01. The lowest BCUT2D eigenvalue weighted by Crippen LogP contribution is -2.45. The number of anilines is 1. The average molecular weight is 394 g/mol. The van der Waals surface area contributed by atoms with Crippen LogP contribution in [0.1, 0.15) is 49.9 Å². The van der Waals surface area contributed by atoms with Crippen LogP contribution in [0.3, 0.4) is 0 Å². The van der Waals surface area contributed by atoms with Crippen molar-refractivity contribution in [3.05, 3.63) is 29.8 Å². The van der Waals surface area contributed by atoms with Crippen LogP contribution >= 0.6 is 0 Å². The molecule has 1 amide bonds. The van der Waals surface area contributed by atoms with Gasteiger partial charge in [-0.1, -0.05) is 6.92 Å². The third-order valence-corrected chi connectivity index (χ3v) is 7.64. The summed E-state index contributed by atoms with van der Waals surface area (Å²) in [6.07, 6.45) is 4.03. The summed E-state index contributed by atoms with van der Waals surface area (Å²) in [7, 11) is -3.22. The monoisotopic (exact) mass is 393 g/mol. The van der Waals surface area contributed by atoms with Crippen LogP contribution in [0.2, 0.25) is 0 Å². The maximum atomic E-state index is 12.4. The molecule has 1 atom stereocenters. The second-order valence-corrected chi connectivity index (χ2v) is 9.93. The van der Waals surface area contributed by atoms with E-state index in [1.54, 1.807) is 24.3 Å². The highest BCUT2D eigenvalue weighted by Gasteiger charge is 2.26. The molecule has 0 spiro atoms. The van der Waals surface area contributed by atoms with Gasteiger partial charge in [-0.3, -0.25) is 14.0 Å². The summed E-state index contributed by atoms with van der Waals surface area (Å²) < 4.78 is 25.8. The molecule has 2 heterocycles. The van der Waals surface area contributed by atoms with E-state index in [1.807, 2.05) is 0 Å². The molecule has 0 aliphatic carbocycles. The van der Waals surface area contributed by atoms with Gasteiger partial charge >= 0.3 is 0 Å². The predicted octanol–water partition coefficient (Wildman–Crippen LogP) is 2.47. The fraction of sp³-hybridized carbons (Fsp3) is 0.650. The van der Waals surface area contributed by atoms with Crippen molar-refractivity contribution in [1.82, 2.24) is 10.2 Å². The van der Waals surface area contributed by atoms with Crippen LogP contribution in [0.25, 0.3) is 0 Å². The summed E-state index contributed by atoms with van der Waals surface area (Å²) in [6, 6.07) is 7.20. The van der Waals surface area contributed by atoms with Crippen molar-refractivity contribution < 1.29 is 13.2 Å². The molecular formula is C20H31N3O3S. The number of amides is 1. The number of likely N-dealkylation sites (tertiary alicyclic amines) is 1. The smallest absolute Gasteiger partial charge is 0.251 e. The summed E-state index contributed by atoms with van der Waals surface area (Å²) >= 11 is 0. The number of nitrogens with one attached hydrogen (secondary N) is 1. The minimum atomic E-state index is -3.22. The Bertz CT molecular complexity index is 740. The standard InChI is InChI=1S/C20H31N3O3S/c1-16-9-12-22(13-10-16)17(2)15-21-20(24)18-5-7-19(8-6-18)23-11-3-4-14-27(23,25)26/h5-8,16-17H,3-4,9-15H2,1-2H3,(H,21,24). The Kier molecular flexibility index (Phi) is 6.42. The van der Waals surface area contributed by atoms with Crippen molar-refractivity contribution >= 4 is 21.6 Å². The van der Waals surface area contributed by atoms with Gasteiger partial charge in [-0.25, -0.2) is 8.42 Å². The van der Waals surface area contributed by atoms with Crippen molar-refractivity contribution in [2.45, 2.75) is 45.6 Å². The Morgan fingerprint density at radius 3 is 2.44 bits per heavy atom. The van der Waals surface area contributed by atoms with Crippen molar-refractivity contribution in [1.29, 1.82) is 0 Å². The first kappa shape index (κ1) is 20.1. The van der Waals surface area contributed by atoms with Crippen LogP contribution in [0.5, 0.6) is 0 Å². The lowest BCUT2D eigenvalue weighted by Gasteiger charge is -2.35. The zero-order valence-corrected chi connectivity index (χ0v) is 17.2. The van der Waals surface area contributed by atoms with Gasteiger partial charge in [0.2, 0.25) is 10.0 Å². The Labute approximate surface area is 163 Å². The highest BCUT2D eigenvalue weighted by atomic mass is 32.2. The molecule has 2 aliphatic rings. The molecule has 1 aromatic carbocycles. The number of hydrogen-bond acceptors (Lipinski definition) is 4. The van der Waals surface area contributed by atoms with Crippen LogP contribution in [0.4, 0.5) is 5.69 Å². The number of carbonyl (C=O) groups excluding carboxylic acids is 1. The van der Waals surface area contributed by atoms with E-state index in [9.17, 15) is 13.2 Å². The largest absolute Gasteiger partial charge is 0.350 e. The van der Waals surface area contributed by atoms with Gasteiger partial charge in [0, 0.05) is 24.7 Å². The predicted molar refractivity (Wildman–Crippen MR) is 109 cm³/mol. The molecule has 1 aromatic rings. The fourth-order valence-corrected chi connectivity index (χ4v) is 5.44. The Balaban J connectivity index is 1.54. The lowest BCUT2D eigenvalue weighted by molar-refractivity contribution is 0.0921. The molecule has 7 heteroatoms. The van der Waals surface area contributed by atoms with E-state index in [0.717, 1.165) is 25.4 Å². The normalized spacial score (nSPS) is 22.4. The number of nitrogens with zero attached hydrogens (tertiary/aromatic N) is 2. The quantitative estimate of drug-likeness (QED) is 0.834. The van der Waals surface area contributed by atoms with Crippen LogP contribution < -0.4 is 9.62 Å². The first-order chi connectivity index (χ1) is 12.9. The second-order valence-electron chi connectivity index (χ2n) is 7.92. The maximum absolute atomic E-state index is 12.4. The van der Waals surface area contributed by atoms with E-state index in [2.05, 4.69) is 24.1 Å². The Morgan fingerprint density at radius 1 is 1.15 bits per heavy atom. The van der Waals surface area contributed by atoms with Gasteiger partial charge in [0.1, 0.15) is 0 Å². The van der Waals surface area contributed by atoms with Crippen LogP contribution in [-0.4, -0.2) is 57.2 Å². The highest BCUT2D eigenvalue weighted by Crippen LogP contribution is 2.24. The first-order valence-electron chi connectivity index (χ1n) is 9.99. The van der Waals surface area contributed by atoms with E-state index in [1.165, 1.54) is 17.1 Å². The van der Waals surface area contributed by atoms with Gasteiger partial charge in [0.05, 0.1) is 11.4 Å². The molecule has 6 nitrogen and oxygen atoms in total. The average Bonchev–Trinajstić information content (AvgIpc) is 2.66. The number of carbonyl (C=O) groups is 1. The van der Waals surface area contributed by atoms with Crippen LogP contribution in [0.15, 0.2) is 24.3 Å². The van der Waals surface area contributed by atoms with E-state index in [0.29, 0.717) is 36.8 Å². The molecule has 2 fully saturated rings. The van der Waals surface area contributed by atoms with E-state index in [4.69, 9.17) is 0 Å². The molecular weight excluding hydrogens is 362 g/mol. The topological polar surface area (TPSA) is 69.7 Å². The summed E-state index contributed by atoms with van der Waals surface area (Å²) in [5.41, 5.74) is 1.20. The molecule has 3 rings (SSSR count). The van der Waals surface area contributed by atoms with E-state index in [-0.39, 0.29) is 11.7 Å². The molecule has 1 unspecified atom stereocenters. The molecule has 0 radical (unpaired) electrons. The van der Waals surface area contributed by atoms with Crippen LogP contribution in [0, 0.1) is 5.92 Å². The molecule has 0 aromatic heterocycles. The molecule has 0 saturated carbocycles. The molecule has 0 bridgehead atoms. The first-order valence-corrected chi connectivity index (χ1v) is 11.6. The summed E-state index contributed by atoms with van der Waals surface area (Å²) in [4.78, 5) is 14.9. The number of rotatable bonds is 5. The SMILES string of the molecule is CC1CCN(C(C)CNC(=O)c2ccc(N3CCCCS3(=O)=O)cc2)CC1. The minimum Gasteiger partial charge on any atom is -0.350 e. The third-order valence-electron chi connectivity index (χ3n) is 5.77. The van der Waals surface area contributed by atoms with E-state index >= 15 is 0 Å². The zero-order chi connectivity index (χ0) is 19.4. The van der Waals surface area contributed by atoms with Gasteiger partial charge < -0.3 is 5.32 Å². The van der Waals surface area contributed by atoms with Crippen molar-refractivity contribution in [3.63, 3.8) is 0 Å². The molecule has 150 valence electrons. The number of benzene rings is 1. The van der Waals surface area contributed by atoms with Gasteiger partial charge in [-0.2, -0.15) is 0 Å². The number of piperidine rings is 1. The van der Waals surface area contributed by atoms with Gasteiger partial charge in [0.15, 0.2) is 0 Å². The van der Waals surface area contributed by atoms with Gasteiger partial charge in [-0.15, -0.1) is 0 Å². The summed E-state index contributed by atoms with van der Waals surface area (Å²) in [6.45, 7) is 7.77. The third kappa shape index (κ3) is 5.02.